The van der Waals surface area contributed by atoms with Gasteiger partial charge < -0.3 is 15.2 Å². The summed E-state index contributed by atoms with van der Waals surface area (Å²) in [4.78, 5) is 12.0. The van der Waals surface area contributed by atoms with E-state index in [0.29, 0.717) is 18.8 Å². The maximum absolute atomic E-state index is 12.0. The van der Waals surface area contributed by atoms with Crippen molar-refractivity contribution in [2.45, 2.75) is 20.3 Å². The summed E-state index contributed by atoms with van der Waals surface area (Å²) in [6.45, 7) is 3.76. The van der Waals surface area contributed by atoms with Gasteiger partial charge >= 0.3 is 5.97 Å². The molecule has 7 heteroatoms. The van der Waals surface area contributed by atoms with Crippen LogP contribution in [-0.2, 0) is 14.6 Å². The predicted molar refractivity (Wildman–Crippen MR) is 81.3 cm³/mol. The maximum atomic E-state index is 12.0. The van der Waals surface area contributed by atoms with Gasteiger partial charge in [0, 0.05) is 5.69 Å². The maximum Gasteiger partial charge on any atom is 0.344 e. The summed E-state index contributed by atoms with van der Waals surface area (Å²) in [6.07, 6.45) is 0.538. The fourth-order valence-electron chi connectivity index (χ4n) is 1.79. The van der Waals surface area contributed by atoms with Crippen molar-refractivity contribution >= 4 is 21.5 Å². The van der Waals surface area contributed by atoms with E-state index in [2.05, 4.69) is 0 Å². The van der Waals surface area contributed by atoms with Crippen molar-refractivity contribution in [1.29, 1.82) is 0 Å². The molecule has 0 fully saturated rings. The van der Waals surface area contributed by atoms with E-state index < -0.39 is 15.8 Å². The van der Waals surface area contributed by atoms with Gasteiger partial charge in [0.2, 0.25) is 0 Å². The van der Waals surface area contributed by atoms with E-state index in [-0.39, 0.29) is 29.4 Å². The number of nitrogen functional groups attached to an aromatic ring is 1. The standard InChI is InChI=1S/C14H21NO5S/c1-3-9-21(17,18)10-8-20-14(16)13-11(15)6-5-7-12(13)19-4-2/h5-7H,3-4,8-10,15H2,1-2H3. The van der Waals surface area contributed by atoms with E-state index in [1.54, 1.807) is 32.0 Å². The Bertz CT molecular complexity index is 583. The average Bonchev–Trinajstić information content (AvgIpc) is 2.38. The summed E-state index contributed by atoms with van der Waals surface area (Å²) < 4.78 is 33.4. The molecule has 0 saturated heterocycles. The third-order valence-electron chi connectivity index (χ3n) is 2.71. The summed E-state index contributed by atoms with van der Waals surface area (Å²) in [7, 11) is -3.18. The largest absolute Gasteiger partial charge is 0.493 e. The fraction of sp³-hybridized carbons (Fsp3) is 0.500. The lowest BCUT2D eigenvalue weighted by Crippen LogP contribution is -2.18. The van der Waals surface area contributed by atoms with Crippen LogP contribution in [-0.4, -0.2) is 39.1 Å². The van der Waals surface area contributed by atoms with Gasteiger partial charge in [0.25, 0.3) is 0 Å². The van der Waals surface area contributed by atoms with Gasteiger partial charge in [-0.2, -0.15) is 0 Å². The third-order valence-corrected chi connectivity index (χ3v) is 4.52. The Hall–Kier alpha value is -1.76. The van der Waals surface area contributed by atoms with Gasteiger partial charge in [0.1, 0.15) is 17.9 Å². The van der Waals surface area contributed by atoms with E-state index in [1.165, 1.54) is 0 Å². The number of sulfone groups is 1. The van der Waals surface area contributed by atoms with Gasteiger partial charge in [-0.3, -0.25) is 0 Å². The zero-order valence-electron chi connectivity index (χ0n) is 12.3. The van der Waals surface area contributed by atoms with Crippen LogP contribution in [0.25, 0.3) is 0 Å². The topological polar surface area (TPSA) is 95.7 Å². The first kappa shape index (κ1) is 17.3. The first-order chi connectivity index (χ1) is 9.91. The Balaban J connectivity index is 2.72. The molecule has 1 aromatic rings. The zero-order valence-corrected chi connectivity index (χ0v) is 13.1. The highest BCUT2D eigenvalue weighted by Gasteiger charge is 2.18. The van der Waals surface area contributed by atoms with Crippen molar-refractivity contribution in [3.05, 3.63) is 23.8 Å². The van der Waals surface area contributed by atoms with E-state index in [0.717, 1.165) is 0 Å². The van der Waals surface area contributed by atoms with Crippen molar-refractivity contribution in [1.82, 2.24) is 0 Å². The van der Waals surface area contributed by atoms with Gasteiger partial charge in [-0.25, -0.2) is 13.2 Å². The van der Waals surface area contributed by atoms with Gasteiger partial charge in [-0.05, 0) is 25.5 Å². The molecule has 0 aromatic heterocycles. The van der Waals surface area contributed by atoms with Gasteiger partial charge in [-0.15, -0.1) is 0 Å². The number of esters is 1. The van der Waals surface area contributed by atoms with Crippen molar-refractivity contribution < 1.29 is 22.7 Å². The summed E-state index contributed by atoms with van der Waals surface area (Å²) in [6, 6.07) is 4.85. The Morgan fingerprint density at radius 1 is 1.24 bits per heavy atom. The second-order valence-corrected chi connectivity index (χ2v) is 6.74. The number of hydrogen-bond donors (Lipinski definition) is 1. The molecule has 0 unspecified atom stereocenters. The molecule has 2 N–H and O–H groups in total. The van der Waals surface area contributed by atoms with Crippen LogP contribution in [0.5, 0.6) is 5.75 Å². The number of hydrogen-bond acceptors (Lipinski definition) is 6. The molecule has 0 bridgehead atoms. The number of anilines is 1. The highest BCUT2D eigenvalue weighted by molar-refractivity contribution is 7.91. The van der Waals surface area contributed by atoms with E-state index in [4.69, 9.17) is 15.2 Å². The molecule has 1 rings (SSSR count). The minimum Gasteiger partial charge on any atom is -0.493 e. The molecule has 1 aromatic carbocycles. The highest BCUT2D eigenvalue weighted by Crippen LogP contribution is 2.25. The van der Waals surface area contributed by atoms with Crippen molar-refractivity contribution in [3.63, 3.8) is 0 Å². The third kappa shape index (κ3) is 5.26. The SMILES string of the molecule is CCCS(=O)(=O)CCOC(=O)c1c(N)cccc1OCC. The molecule has 0 radical (unpaired) electrons. The van der Waals surface area contributed by atoms with Crippen LogP contribution < -0.4 is 10.5 Å². The minimum atomic E-state index is -3.18. The van der Waals surface area contributed by atoms with Crippen LogP contribution in [0.3, 0.4) is 0 Å². The zero-order chi connectivity index (χ0) is 15.9. The molecule has 0 spiro atoms. The molecule has 21 heavy (non-hydrogen) atoms. The molecular weight excluding hydrogens is 294 g/mol. The molecule has 0 saturated carbocycles. The van der Waals surface area contributed by atoms with Gasteiger partial charge in [0.05, 0.1) is 18.1 Å². The quantitative estimate of drug-likeness (QED) is 0.579. The Morgan fingerprint density at radius 3 is 2.57 bits per heavy atom. The number of ether oxygens (including phenoxy) is 2. The molecule has 0 amide bonds. The Kier molecular flexibility index (Phi) is 6.48. The number of benzene rings is 1. The lowest BCUT2D eigenvalue weighted by Gasteiger charge is -2.12. The van der Waals surface area contributed by atoms with Crippen molar-refractivity contribution in [2.24, 2.45) is 0 Å². The van der Waals surface area contributed by atoms with Crippen LogP contribution in [0.2, 0.25) is 0 Å². The summed E-state index contributed by atoms with van der Waals surface area (Å²) in [5, 5.41) is 0. The number of carbonyl (C=O) groups excluding carboxylic acids is 1. The molecule has 0 atom stereocenters. The first-order valence-electron chi connectivity index (χ1n) is 6.80. The average molecular weight is 315 g/mol. The van der Waals surface area contributed by atoms with Gasteiger partial charge in [0.15, 0.2) is 9.84 Å². The minimum absolute atomic E-state index is 0.0855. The monoisotopic (exact) mass is 315 g/mol. The Labute approximate surface area is 125 Å². The summed E-state index contributed by atoms with van der Waals surface area (Å²) in [5.74, 6) is -0.451. The number of rotatable bonds is 8. The van der Waals surface area contributed by atoms with E-state index >= 15 is 0 Å². The second kappa shape index (κ2) is 7.87. The molecule has 0 aliphatic carbocycles. The van der Waals surface area contributed by atoms with Gasteiger partial charge in [-0.1, -0.05) is 13.0 Å². The van der Waals surface area contributed by atoms with Crippen molar-refractivity contribution in [2.75, 3.05) is 30.5 Å². The van der Waals surface area contributed by atoms with Crippen LogP contribution in [0.1, 0.15) is 30.6 Å². The molecule has 0 aliphatic heterocycles. The van der Waals surface area contributed by atoms with Crippen LogP contribution in [0.4, 0.5) is 5.69 Å². The van der Waals surface area contributed by atoms with Crippen LogP contribution in [0, 0.1) is 0 Å². The Morgan fingerprint density at radius 2 is 1.95 bits per heavy atom. The molecule has 118 valence electrons. The van der Waals surface area contributed by atoms with E-state index in [1.807, 2.05) is 0 Å². The summed E-state index contributed by atoms with van der Waals surface area (Å²) >= 11 is 0. The molecular formula is C14H21NO5S. The predicted octanol–water partition coefficient (Wildman–Crippen LogP) is 1.65. The lowest BCUT2D eigenvalue weighted by atomic mass is 10.1. The molecule has 0 aliphatic rings. The lowest BCUT2D eigenvalue weighted by molar-refractivity contribution is 0.0526. The normalized spacial score (nSPS) is 11.1. The molecule has 6 nitrogen and oxygen atoms in total. The smallest absolute Gasteiger partial charge is 0.344 e. The summed E-state index contributed by atoms with van der Waals surface area (Å²) in [5.41, 5.74) is 6.13. The fourth-order valence-corrected chi connectivity index (χ4v) is 2.95. The highest BCUT2D eigenvalue weighted by atomic mass is 32.2. The molecule has 0 heterocycles. The first-order valence-corrected chi connectivity index (χ1v) is 8.62. The van der Waals surface area contributed by atoms with Crippen LogP contribution in [0.15, 0.2) is 18.2 Å². The van der Waals surface area contributed by atoms with Crippen molar-refractivity contribution in [3.8, 4) is 5.75 Å². The number of carbonyl (C=O) groups is 1. The second-order valence-electron chi connectivity index (χ2n) is 4.44. The number of nitrogens with two attached hydrogens (primary N) is 1. The van der Waals surface area contributed by atoms with Crippen LogP contribution >= 0.6 is 0 Å². The van der Waals surface area contributed by atoms with E-state index in [9.17, 15) is 13.2 Å².